The molecule has 0 bridgehead atoms. The summed E-state index contributed by atoms with van der Waals surface area (Å²) in [6.45, 7) is 3.63. The monoisotopic (exact) mass is 244 g/mol. The first-order valence-corrected chi connectivity index (χ1v) is 7.37. The van der Waals surface area contributed by atoms with Crippen molar-refractivity contribution < 1.29 is 0 Å². The maximum Gasteiger partial charge on any atom is 0.00793 e. The molecule has 1 heterocycles. The average Bonchev–Trinajstić information content (AvgIpc) is 2.68. The van der Waals surface area contributed by atoms with Crippen molar-refractivity contribution in [1.82, 2.24) is 4.90 Å². The van der Waals surface area contributed by atoms with Gasteiger partial charge in [-0.1, -0.05) is 30.7 Å². The molecule has 98 valence electrons. The van der Waals surface area contributed by atoms with Gasteiger partial charge in [0.2, 0.25) is 0 Å². The molecule has 2 heteroatoms. The number of hydrogen-bond donors (Lipinski definition) is 1. The molecule has 0 radical (unpaired) electrons. The van der Waals surface area contributed by atoms with Crippen LogP contribution in [0.3, 0.4) is 0 Å². The predicted molar refractivity (Wildman–Crippen MR) is 75.6 cm³/mol. The lowest BCUT2D eigenvalue weighted by atomic mass is 10.0. The molecule has 18 heavy (non-hydrogen) atoms. The van der Waals surface area contributed by atoms with Crippen LogP contribution in [0.5, 0.6) is 0 Å². The van der Waals surface area contributed by atoms with Crippen molar-refractivity contribution in [2.75, 3.05) is 19.6 Å². The summed E-state index contributed by atoms with van der Waals surface area (Å²) in [7, 11) is 0. The molecule has 0 saturated heterocycles. The van der Waals surface area contributed by atoms with E-state index in [1.54, 1.807) is 11.1 Å². The molecule has 2 N–H and O–H groups in total. The lowest BCUT2D eigenvalue weighted by molar-refractivity contribution is 0.232. The molecule has 1 fully saturated rings. The molecule has 1 saturated carbocycles. The minimum absolute atomic E-state index is 0.454. The van der Waals surface area contributed by atoms with E-state index in [0.29, 0.717) is 6.04 Å². The fraction of sp³-hybridized carbons (Fsp3) is 0.625. The topological polar surface area (TPSA) is 29.3 Å². The van der Waals surface area contributed by atoms with E-state index in [4.69, 9.17) is 5.73 Å². The molecule has 2 nitrogen and oxygen atoms in total. The van der Waals surface area contributed by atoms with Gasteiger partial charge in [-0.05, 0) is 42.7 Å². The highest BCUT2D eigenvalue weighted by Crippen LogP contribution is 2.25. The largest absolute Gasteiger partial charge is 0.327 e. The summed E-state index contributed by atoms with van der Waals surface area (Å²) < 4.78 is 0. The molecule has 2 atom stereocenters. The number of nitrogens with zero attached hydrogens (tertiary/aromatic N) is 1. The minimum Gasteiger partial charge on any atom is -0.327 e. The maximum atomic E-state index is 6.19. The van der Waals surface area contributed by atoms with Gasteiger partial charge in [0.25, 0.3) is 0 Å². The van der Waals surface area contributed by atoms with Crippen molar-refractivity contribution in [2.24, 2.45) is 11.7 Å². The first kappa shape index (κ1) is 12.2. The Balaban J connectivity index is 1.61. The van der Waals surface area contributed by atoms with E-state index in [1.165, 1.54) is 51.7 Å². The van der Waals surface area contributed by atoms with Crippen LogP contribution in [-0.2, 0) is 12.8 Å². The lowest BCUT2D eigenvalue weighted by Crippen LogP contribution is -2.37. The number of hydrogen-bond acceptors (Lipinski definition) is 2. The highest BCUT2D eigenvalue weighted by Gasteiger charge is 2.26. The number of fused-ring (bicyclic) bond motifs is 1. The number of nitrogens with two attached hydrogens (primary N) is 1. The van der Waals surface area contributed by atoms with Gasteiger partial charge >= 0.3 is 0 Å². The van der Waals surface area contributed by atoms with Crippen LogP contribution < -0.4 is 5.73 Å². The van der Waals surface area contributed by atoms with Crippen molar-refractivity contribution in [3.63, 3.8) is 0 Å². The molecule has 1 aliphatic carbocycles. The zero-order valence-electron chi connectivity index (χ0n) is 11.1. The summed E-state index contributed by atoms with van der Waals surface area (Å²) in [5.41, 5.74) is 9.30. The Hall–Kier alpha value is -0.860. The Kier molecular flexibility index (Phi) is 3.67. The second-order valence-corrected chi connectivity index (χ2v) is 5.92. The van der Waals surface area contributed by atoms with Gasteiger partial charge in [0.05, 0.1) is 0 Å². The van der Waals surface area contributed by atoms with Crippen molar-refractivity contribution in [2.45, 2.75) is 38.1 Å². The molecule has 1 aliphatic heterocycles. The van der Waals surface area contributed by atoms with E-state index < -0.39 is 0 Å². The van der Waals surface area contributed by atoms with Crippen LogP contribution in [0.4, 0.5) is 0 Å². The Bertz CT molecular complexity index is 375. The van der Waals surface area contributed by atoms with E-state index in [9.17, 15) is 0 Å². The van der Waals surface area contributed by atoms with Crippen LogP contribution in [0.25, 0.3) is 0 Å². The zero-order chi connectivity index (χ0) is 12.4. The summed E-state index contributed by atoms with van der Waals surface area (Å²) in [5.74, 6) is 0.742. The van der Waals surface area contributed by atoms with Crippen molar-refractivity contribution >= 4 is 0 Å². The molecule has 2 aliphatic rings. The van der Waals surface area contributed by atoms with Gasteiger partial charge in [0, 0.05) is 25.7 Å². The summed E-state index contributed by atoms with van der Waals surface area (Å²) in [6.07, 6.45) is 6.32. The van der Waals surface area contributed by atoms with E-state index in [-0.39, 0.29) is 0 Å². The molecular formula is C16H24N2. The quantitative estimate of drug-likeness (QED) is 0.864. The van der Waals surface area contributed by atoms with Crippen LogP contribution in [0.15, 0.2) is 24.3 Å². The summed E-state index contributed by atoms with van der Waals surface area (Å²) >= 11 is 0. The summed E-state index contributed by atoms with van der Waals surface area (Å²) in [5, 5.41) is 0. The average molecular weight is 244 g/mol. The first-order valence-electron chi connectivity index (χ1n) is 7.37. The Morgan fingerprint density at radius 2 is 1.72 bits per heavy atom. The molecule has 0 amide bonds. The Morgan fingerprint density at radius 3 is 2.28 bits per heavy atom. The minimum atomic E-state index is 0.454. The predicted octanol–water partition coefficient (Wildman–Crippen LogP) is 2.21. The smallest absolute Gasteiger partial charge is 0.00793 e. The number of benzene rings is 1. The van der Waals surface area contributed by atoms with Crippen LogP contribution in [0.1, 0.15) is 30.4 Å². The maximum absolute atomic E-state index is 6.19. The standard InChI is InChI=1S/C16H24N2/c17-16-7-3-6-15(16)12-18-10-8-13-4-1-2-5-14(13)9-11-18/h1-2,4-5,15-16H,3,6-12,17H2. The SMILES string of the molecule is NC1CCCC1CN1CCc2ccccc2CC1. The molecule has 2 unspecified atom stereocenters. The summed E-state index contributed by atoms with van der Waals surface area (Å²) in [4.78, 5) is 2.63. The van der Waals surface area contributed by atoms with Crippen LogP contribution in [-0.4, -0.2) is 30.6 Å². The Morgan fingerprint density at radius 1 is 1.06 bits per heavy atom. The fourth-order valence-electron chi connectivity index (χ4n) is 3.52. The molecule has 0 spiro atoms. The molecule has 3 rings (SSSR count). The van der Waals surface area contributed by atoms with Gasteiger partial charge in [0.15, 0.2) is 0 Å². The van der Waals surface area contributed by atoms with E-state index in [1.807, 2.05) is 0 Å². The van der Waals surface area contributed by atoms with Gasteiger partial charge in [-0.25, -0.2) is 0 Å². The van der Waals surface area contributed by atoms with Gasteiger partial charge in [-0.3, -0.25) is 0 Å². The van der Waals surface area contributed by atoms with Gasteiger partial charge in [-0.2, -0.15) is 0 Å². The van der Waals surface area contributed by atoms with Crippen LogP contribution in [0.2, 0.25) is 0 Å². The third-order valence-corrected chi connectivity index (χ3v) is 4.72. The van der Waals surface area contributed by atoms with Crippen molar-refractivity contribution in [3.8, 4) is 0 Å². The third kappa shape index (κ3) is 2.60. The second kappa shape index (κ2) is 5.41. The molecule has 1 aromatic rings. The molecule has 0 aromatic heterocycles. The zero-order valence-corrected chi connectivity index (χ0v) is 11.1. The third-order valence-electron chi connectivity index (χ3n) is 4.72. The van der Waals surface area contributed by atoms with Gasteiger partial charge in [0.1, 0.15) is 0 Å². The summed E-state index contributed by atoms with van der Waals surface area (Å²) in [6, 6.07) is 9.37. The van der Waals surface area contributed by atoms with Gasteiger partial charge in [-0.15, -0.1) is 0 Å². The second-order valence-electron chi connectivity index (χ2n) is 5.92. The van der Waals surface area contributed by atoms with E-state index >= 15 is 0 Å². The fourth-order valence-corrected chi connectivity index (χ4v) is 3.52. The van der Waals surface area contributed by atoms with E-state index in [0.717, 1.165) is 5.92 Å². The Labute approximate surface area is 110 Å². The van der Waals surface area contributed by atoms with Gasteiger partial charge < -0.3 is 10.6 Å². The highest BCUT2D eigenvalue weighted by molar-refractivity contribution is 5.28. The van der Waals surface area contributed by atoms with Crippen molar-refractivity contribution in [3.05, 3.63) is 35.4 Å². The molecular weight excluding hydrogens is 220 g/mol. The van der Waals surface area contributed by atoms with Crippen LogP contribution in [0, 0.1) is 5.92 Å². The van der Waals surface area contributed by atoms with Crippen LogP contribution >= 0.6 is 0 Å². The number of rotatable bonds is 2. The van der Waals surface area contributed by atoms with Crippen molar-refractivity contribution in [1.29, 1.82) is 0 Å². The highest BCUT2D eigenvalue weighted by atomic mass is 15.1. The lowest BCUT2D eigenvalue weighted by Gasteiger charge is -2.25. The van der Waals surface area contributed by atoms with E-state index in [2.05, 4.69) is 29.2 Å². The normalized spacial score (nSPS) is 28.9. The molecule has 1 aromatic carbocycles. The first-order chi connectivity index (χ1) is 8.83.